The zero-order chi connectivity index (χ0) is 18.6. The quantitative estimate of drug-likeness (QED) is 0.564. The van der Waals surface area contributed by atoms with E-state index in [0.29, 0.717) is 20.3 Å². The molecule has 0 fully saturated rings. The molecule has 3 N–H and O–H groups in total. The Hall–Kier alpha value is -1.97. The Morgan fingerprint density at radius 3 is 2.36 bits per heavy atom. The van der Waals surface area contributed by atoms with Crippen LogP contribution in [0.1, 0.15) is 20.7 Å². The number of carboxylic acids is 1. The van der Waals surface area contributed by atoms with Crippen molar-refractivity contribution in [3.05, 3.63) is 56.5 Å². The summed E-state index contributed by atoms with van der Waals surface area (Å²) in [6.07, 6.45) is 0. The van der Waals surface area contributed by atoms with Crippen LogP contribution in [0, 0.1) is 0 Å². The number of halogens is 2. The molecular weight excluding hydrogens is 476 g/mol. The fraction of sp³-hybridized carbons (Fsp3) is 0.0625. The largest absolute Gasteiger partial charge is 0.497 e. The van der Waals surface area contributed by atoms with Crippen molar-refractivity contribution in [1.29, 1.82) is 0 Å². The summed E-state index contributed by atoms with van der Waals surface area (Å²) in [5.41, 5.74) is 0.635. The first-order valence-corrected chi connectivity index (χ1v) is 8.80. The van der Waals surface area contributed by atoms with Crippen molar-refractivity contribution in [3.63, 3.8) is 0 Å². The number of methoxy groups -OCH3 is 1. The molecule has 0 aliphatic heterocycles. The molecular formula is C16H12Br2N2O4S. The van der Waals surface area contributed by atoms with E-state index in [9.17, 15) is 14.7 Å². The van der Waals surface area contributed by atoms with E-state index in [1.54, 1.807) is 30.3 Å². The number of amides is 1. The topological polar surface area (TPSA) is 87.7 Å². The van der Waals surface area contributed by atoms with Gasteiger partial charge in [0.1, 0.15) is 5.75 Å². The number of hydrogen-bond acceptors (Lipinski definition) is 4. The molecule has 0 radical (unpaired) electrons. The zero-order valence-electron chi connectivity index (χ0n) is 12.8. The Labute approximate surface area is 165 Å². The maximum absolute atomic E-state index is 12.2. The molecule has 9 heteroatoms. The first-order chi connectivity index (χ1) is 11.8. The van der Waals surface area contributed by atoms with Gasteiger partial charge >= 0.3 is 5.97 Å². The summed E-state index contributed by atoms with van der Waals surface area (Å²) in [7, 11) is 1.53. The molecule has 0 heterocycles. The fourth-order valence-electron chi connectivity index (χ4n) is 1.93. The second-order valence-corrected chi connectivity index (χ2v) is 6.93. The third-order valence-electron chi connectivity index (χ3n) is 3.10. The normalized spacial score (nSPS) is 10.0. The zero-order valence-corrected chi connectivity index (χ0v) is 16.8. The Bertz CT molecular complexity index is 841. The summed E-state index contributed by atoms with van der Waals surface area (Å²) in [6.45, 7) is 0. The standard InChI is InChI=1S/C16H12Br2N2O4S/c1-24-10-4-2-8(3-5-10)14(21)20-16(25)19-13-11(15(22)23)6-9(17)7-12(13)18/h2-7H,1H3,(H,22,23)(H2,19,20,21,25). The van der Waals surface area contributed by atoms with Crippen molar-refractivity contribution >= 4 is 66.8 Å². The van der Waals surface area contributed by atoms with Gasteiger partial charge in [-0.1, -0.05) is 15.9 Å². The lowest BCUT2D eigenvalue weighted by molar-refractivity contribution is 0.0697. The molecule has 0 saturated heterocycles. The lowest BCUT2D eigenvalue weighted by atomic mass is 10.2. The van der Waals surface area contributed by atoms with Crippen LogP contribution in [0.5, 0.6) is 5.75 Å². The third kappa shape index (κ3) is 5.00. The van der Waals surface area contributed by atoms with Gasteiger partial charge in [-0.15, -0.1) is 0 Å². The summed E-state index contributed by atoms with van der Waals surface area (Å²) in [5, 5.41) is 14.5. The number of carbonyl (C=O) groups excluding carboxylic acids is 1. The van der Waals surface area contributed by atoms with E-state index in [1.807, 2.05) is 0 Å². The fourth-order valence-corrected chi connectivity index (χ4v) is 3.45. The highest BCUT2D eigenvalue weighted by Gasteiger charge is 2.17. The molecule has 0 bridgehead atoms. The molecule has 1 amide bonds. The second kappa shape index (κ2) is 8.41. The summed E-state index contributed by atoms with van der Waals surface area (Å²) >= 11 is 11.6. The maximum Gasteiger partial charge on any atom is 0.337 e. The molecule has 2 rings (SSSR count). The lowest BCUT2D eigenvalue weighted by Gasteiger charge is -2.14. The Morgan fingerprint density at radius 1 is 1.16 bits per heavy atom. The SMILES string of the molecule is COc1ccc(C(=O)NC(=S)Nc2c(Br)cc(Br)cc2C(=O)O)cc1. The number of carboxylic acid groups (broad SMARTS) is 1. The molecule has 0 aliphatic carbocycles. The molecule has 0 aliphatic rings. The number of anilines is 1. The third-order valence-corrected chi connectivity index (χ3v) is 4.39. The van der Waals surface area contributed by atoms with Gasteiger partial charge in [0, 0.05) is 14.5 Å². The van der Waals surface area contributed by atoms with E-state index >= 15 is 0 Å². The first-order valence-electron chi connectivity index (χ1n) is 6.80. The second-order valence-electron chi connectivity index (χ2n) is 4.75. The summed E-state index contributed by atoms with van der Waals surface area (Å²) < 4.78 is 6.11. The highest BCUT2D eigenvalue weighted by molar-refractivity contribution is 9.11. The Morgan fingerprint density at radius 2 is 1.80 bits per heavy atom. The van der Waals surface area contributed by atoms with Gasteiger partial charge in [0.25, 0.3) is 5.91 Å². The van der Waals surface area contributed by atoms with Crippen LogP contribution >= 0.6 is 44.1 Å². The van der Waals surface area contributed by atoms with E-state index in [0.717, 1.165) is 0 Å². The number of rotatable bonds is 4. The van der Waals surface area contributed by atoms with Crippen LogP contribution in [-0.4, -0.2) is 29.2 Å². The van der Waals surface area contributed by atoms with Gasteiger partial charge < -0.3 is 15.2 Å². The van der Waals surface area contributed by atoms with Crippen molar-refractivity contribution in [2.45, 2.75) is 0 Å². The first kappa shape index (κ1) is 19.4. The molecule has 25 heavy (non-hydrogen) atoms. The minimum Gasteiger partial charge on any atom is -0.497 e. The maximum atomic E-state index is 12.2. The molecule has 0 aromatic heterocycles. The highest BCUT2D eigenvalue weighted by Crippen LogP contribution is 2.30. The van der Waals surface area contributed by atoms with Crippen molar-refractivity contribution < 1.29 is 19.4 Å². The molecule has 2 aromatic rings. The lowest BCUT2D eigenvalue weighted by Crippen LogP contribution is -2.34. The molecule has 130 valence electrons. The minimum atomic E-state index is -1.13. The number of ether oxygens (including phenoxy) is 1. The summed E-state index contributed by atoms with van der Waals surface area (Å²) in [4.78, 5) is 23.6. The molecule has 6 nitrogen and oxygen atoms in total. The van der Waals surface area contributed by atoms with Gasteiger partial charge in [-0.25, -0.2) is 4.79 Å². The van der Waals surface area contributed by atoms with Crippen molar-refractivity contribution in [2.24, 2.45) is 0 Å². The summed E-state index contributed by atoms with van der Waals surface area (Å²) in [6, 6.07) is 9.59. The van der Waals surface area contributed by atoms with Crippen LogP contribution in [0.25, 0.3) is 0 Å². The monoisotopic (exact) mass is 486 g/mol. The van der Waals surface area contributed by atoms with Crippen molar-refractivity contribution in [2.75, 3.05) is 12.4 Å². The number of carbonyl (C=O) groups is 2. The van der Waals surface area contributed by atoms with Gasteiger partial charge in [0.2, 0.25) is 0 Å². The van der Waals surface area contributed by atoms with Gasteiger partial charge in [-0.2, -0.15) is 0 Å². The average Bonchev–Trinajstić information content (AvgIpc) is 2.56. The van der Waals surface area contributed by atoms with Crippen molar-refractivity contribution in [1.82, 2.24) is 5.32 Å². The minimum absolute atomic E-state index is 0.00213. The average molecular weight is 488 g/mol. The smallest absolute Gasteiger partial charge is 0.337 e. The Kier molecular flexibility index (Phi) is 6.51. The predicted octanol–water partition coefficient (Wildman–Crippen LogP) is 4.05. The van der Waals surface area contributed by atoms with Crippen LogP contribution < -0.4 is 15.4 Å². The van der Waals surface area contributed by atoms with Gasteiger partial charge in [-0.05, 0) is 64.5 Å². The number of benzene rings is 2. The van der Waals surface area contributed by atoms with Crippen molar-refractivity contribution in [3.8, 4) is 5.75 Å². The van der Waals surface area contributed by atoms with Crippen LogP contribution in [0.3, 0.4) is 0 Å². The van der Waals surface area contributed by atoms with E-state index in [-0.39, 0.29) is 16.4 Å². The van der Waals surface area contributed by atoms with Crippen LogP contribution in [0.4, 0.5) is 5.69 Å². The van der Waals surface area contributed by atoms with Gasteiger partial charge in [0.15, 0.2) is 5.11 Å². The van der Waals surface area contributed by atoms with E-state index in [2.05, 4.69) is 42.5 Å². The number of aromatic carboxylic acids is 1. The van der Waals surface area contributed by atoms with E-state index < -0.39 is 11.9 Å². The molecule has 2 aromatic carbocycles. The number of hydrogen-bond donors (Lipinski definition) is 3. The van der Waals surface area contributed by atoms with Gasteiger partial charge in [-0.3, -0.25) is 10.1 Å². The van der Waals surface area contributed by atoms with Crippen LogP contribution in [0.2, 0.25) is 0 Å². The number of nitrogens with one attached hydrogen (secondary N) is 2. The van der Waals surface area contributed by atoms with Gasteiger partial charge in [0.05, 0.1) is 18.4 Å². The van der Waals surface area contributed by atoms with E-state index in [4.69, 9.17) is 17.0 Å². The van der Waals surface area contributed by atoms with E-state index in [1.165, 1.54) is 13.2 Å². The predicted molar refractivity (Wildman–Crippen MR) is 105 cm³/mol. The highest BCUT2D eigenvalue weighted by atomic mass is 79.9. The number of thiocarbonyl (C=S) groups is 1. The van der Waals surface area contributed by atoms with Crippen LogP contribution in [-0.2, 0) is 0 Å². The van der Waals surface area contributed by atoms with Crippen LogP contribution in [0.15, 0.2) is 45.3 Å². The molecule has 0 spiro atoms. The Balaban J connectivity index is 2.14. The molecule has 0 atom stereocenters. The molecule has 0 saturated carbocycles. The molecule has 0 unspecified atom stereocenters. The summed E-state index contributed by atoms with van der Waals surface area (Å²) in [5.74, 6) is -0.929.